The van der Waals surface area contributed by atoms with E-state index in [9.17, 15) is 9.59 Å². The summed E-state index contributed by atoms with van der Waals surface area (Å²) >= 11 is 0. The number of carbonyl (C=O) groups is 2. The molecule has 4 aromatic carbocycles. The van der Waals surface area contributed by atoms with Crippen LogP contribution in [0, 0.1) is 0 Å². The van der Waals surface area contributed by atoms with Gasteiger partial charge in [0.15, 0.2) is 5.78 Å². The van der Waals surface area contributed by atoms with Gasteiger partial charge in [-0.15, -0.1) is 0 Å². The summed E-state index contributed by atoms with van der Waals surface area (Å²) in [5.74, 6) is -0.0698. The fraction of sp³-hybridized carbons (Fsp3) is 0.133. The molecule has 4 rings (SSSR count). The first kappa shape index (κ1) is 22.2. The molecule has 0 amide bonds. The maximum absolute atomic E-state index is 12.6. The molecule has 33 heavy (non-hydrogen) atoms. The van der Waals surface area contributed by atoms with E-state index >= 15 is 0 Å². The van der Waals surface area contributed by atoms with Crippen molar-refractivity contribution < 1.29 is 14.3 Å². The molecule has 0 unspecified atom stereocenters. The third-order valence-corrected chi connectivity index (χ3v) is 5.72. The number of unbranched alkanes of at least 4 members (excludes halogenated alkanes) is 1. The van der Waals surface area contributed by atoms with Crippen LogP contribution < -0.4 is 4.74 Å². The minimum Gasteiger partial charge on any atom is -0.423 e. The SMILES string of the molecule is C=CC(=O)c1ccc2cc(OC(=O)c3ccc(-c4ccc(CCCC)cc4)cc3)ccc2c1. The first-order chi connectivity index (χ1) is 16.1. The maximum atomic E-state index is 12.6. The lowest BCUT2D eigenvalue weighted by atomic mass is 10.0. The largest absolute Gasteiger partial charge is 0.423 e. The Morgan fingerprint density at radius 2 is 1.39 bits per heavy atom. The molecule has 3 nitrogen and oxygen atoms in total. The zero-order chi connectivity index (χ0) is 23.2. The van der Waals surface area contributed by atoms with Crippen molar-refractivity contribution in [1.29, 1.82) is 0 Å². The molecule has 0 aliphatic rings. The average Bonchev–Trinajstić information content (AvgIpc) is 2.87. The van der Waals surface area contributed by atoms with Gasteiger partial charge in [0, 0.05) is 5.56 Å². The summed E-state index contributed by atoms with van der Waals surface area (Å²) in [6.07, 6.45) is 4.79. The van der Waals surface area contributed by atoms with Crippen LogP contribution in [0.5, 0.6) is 5.75 Å². The number of allylic oxidation sites excluding steroid dienone is 1. The Morgan fingerprint density at radius 1 is 0.788 bits per heavy atom. The monoisotopic (exact) mass is 434 g/mol. The summed E-state index contributed by atoms with van der Waals surface area (Å²) in [5.41, 5.74) is 4.60. The lowest BCUT2D eigenvalue weighted by Crippen LogP contribution is -2.08. The van der Waals surface area contributed by atoms with E-state index in [1.54, 1.807) is 36.4 Å². The standard InChI is InChI=1S/C30H26O3/c1-3-5-6-21-7-9-22(10-8-21)23-11-13-24(14-12-23)30(32)33-28-18-17-25-19-27(29(31)4-2)16-15-26(25)20-28/h4,7-20H,2-3,5-6H2,1H3. The minimum absolute atomic E-state index is 0.122. The number of rotatable bonds is 8. The molecule has 0 spiro atoms. The van der Waals surface area contributed by atoms with E-state index in [0.717, 1.165) is 28.3 Å². The molecule has 0 saturated heterocycles. The molecule has 0 fully saturated rings. The molecule has 0 aliphatic heterocycles. The number of carbonyl (C=O) groups excluding carboxylic acids is 2. The second-order valence-corrected chi connectivity index (χ2v) is 8.06. The van der Waals surface area contributed by atoms with Gasteiger partial charge in [0.25, 0.3) is 0 Å². The summed E-state index contributed by atoms with van der Waals surface area (Å²) < 4.78 is 5.58. The quantitative estimate of drug-likeness (QED) is 0.125. The molecule has 0 radical (unpaired) electrons. The van der Waals surface area contributed by atoms with E-state index in [0.29, 0.717) is 16.9 Å². The third kappa shape index (κ3) is 5.27. The first-order valence-corrected chi connectivity index (χ1v) is 11.2. The van der Waals surface area contributed by atoms with Crippen molar-refractivity contribution in [3.8, 4) is 16.9 Å². The molecule has 3 heteroatoms. The Hall–Kier alpha value is -3.98. The van der Waals surface area contributed by atoms with Crippen LogP contribution in [0.2, 0.25) is 0 Å². The summed E-state index contributed by atoms with van der Waals surface area (Å²) in [6, 6.07) is 26.8. The van der Waals surface area contributed by atoms with Gasteiger partial charge in [0.1, 0.15) is 5.75 Å². The highest BCUT2D eigenvalue weighted by Gasteiger charge is 2.10. The number of ether oxygens (including phenoxy) is 1. The van der Waals surface area contributed by atoms with Crippen LogP contribution in [-0.4, -0.2) is 11.8 Å². The zero-order valence-electron chi connectivity index (χ0n) is 18.7. The molecule has 0 aromatic heterocycles. The predicted molar refractivity (Wildman–Crippen MR) is 134 cm³/mol. The number of esters is 1. The van der Waals surface area contributed by atoms with Crippen LogP contribution in [0.1, 0.15) is 46.0 Å². The van der Waals surface area contributed by atoms with Crippen LogP contribution in [-0.2, 0) is 6.42 Å². The van der Waals surface area contributed by atoms with Crippen LogP contribution in [0.4, 0.5) is 0 Å². The Morgan fingerprint density at radius 3 is 2.06 bits per heavy atom. The fourth-order valence-electron chi connectivity index (χ4n) is 3.77. The van der Waals surface area contributed by atoms with E-state index in [-0.39, 0.29) is 5.78 Å². The predicted octanol–water partition coefficient (Wildman–Crippen LogP) is 7.44. The van der Waals surface area contributed by atoms with Crippen LogP contribution in [0.25, 0.3) is 21.9 Å². The molecule has 4 aromatic rings. The van der Waals surface area contributed by atoms with Crippen molar-refractivity contribution in [3.05, 3.63) is 114 Å². The number of hydrogen-bond donors (Lipinski definition) is 0. The van der Waals surface area contributed by atoms with Crippen LogP contribution in [0.3, 0.4) is 0 Å². The van der Waals surface area contributed by atoms with Gasteiger partial charge in [-0.1, -0.05) is 74.5 Å². The topological polar surface area (TPSA) is 43.4 Å². The molecule has 0 heterocycles. The summed E-state index contributed by atoms with van der Waals surface area (Å²) in [6.45, 7) is 5.72. The number of ketones is 1. The Bertz CT molecular complexity index is 1300. The molecule has 0 saturated carbocycles. The molecule has 0 bridgehead atoms. The molecular formula is C30H26O3. The van der Waals surface area contributed by atoms with Gasteiger partial charge in [-0.2, -0.15) is 0 Å². The lowest BCUT2D eigenvalue weighted by molar-refractivity contribution is 0.0735. The highest BCUT2D eigenvalue weighted by molar-refractivity contribution is 6.06. The van der Waals surface area contributed by atoms with Crippen molar-refractivity contribution >= 4 is 22.5 Å². The molecule has 164 valence electrons. The second-order valence-electron chi connectivity index (χ2n) is 8.06. The van der Waals surface area contributed by atoms with Gasteiger partial charge in [0.05, 0.1) is 5.56 Å². The van der Waals surface area contributed by atoms with Crippen molar-refractivity contribution in [2.75, 3.05) is 0 Å². The first-order valence-electron chi connectivity index (χ1n) is 11.2. The minimum atomic E-state index is -0.408. The van der Waals surface area contributed by atoms with Gasteiger partial charge in [-0.3, -0.25) is 4.79 Å². The van der Waals surface area contributed by atoms with Gasteiger partial charge in [-0.25, -0.2) is 4.79 Å². The van der Waals surface area contributed by atoms with E-state index < -0.39 is 5.97 Å². The highest BCUT2D eigenvalue weighted by Crippen LogP contribution is 2.25. The summed E-state index contributed by atoms with van der Waals surface area (Å²) in [7, 11) is 0. The number of benzene rings is 4. The second kappa shape index (κ2) is 10.1. The average molecular weight is 435 g/mol. The van der Waals surface area contributed by atoms with Crippen LogP contribution in [0.15, 0.2) is 97.6 Å². The van der Waals surface area contributed by atoms with E-state index in [2.05, 4.69) is 37.8 Å². The Kier molecular flexibility index (Phi) is 6.80. The fourth-order valence-corrected chi connectivity index (χ4v) is 3.77. The van der Waals surface area contributed by atoms with Crippen molar-refractivity contribution in [3.63, 3.8) is 0 Å². The van der Waals surface area contributed by atoms with Gasteiger partial charge in [0.2, 0.25) is 0 Å². The van der Waals surface area contributed by atoms with E-state index in [1.807, 2.05) is 24.3 Å². The van der Waals surface area contributed by atoms with Gasteiger partial charge >= 0.3 is 5.97 Å². The molecule has 0 N–H and O–H groups in total. The maximum Gasteiger partial charge on any atom is 0.343 e. The highest BCUT2D eigenvalue weighted by atomic mass is 16.5. The lowest BCUT2D eigenvalue weighted by Gasteiger charge is -2.08. The van der Waals surface area contributed by atoms with Crippen molar-refractivity contribution in [2.24, 2.45) is 0 Å². The number of fused-ring (bicyclic) bond motifs is 1. The molecule has 0 aliphatic carbocycles. The number of aryl methyl sites for hydroxylation is 1. The van der Waals surface area contributed by atoms with Crippen LogP contribution >= 0.6 is 0 Å². The molecule has 0 atom stereocenters. The summed E-state index contributed by atoms with van der Waals surface area (Å²) in [5, 5.41) is 1.78. The van der Waals surface area contributed by atoms with Crippen molar-refractivity contribution in [1.82, 2.24) is 0 Å². The molecular weight excluding hydrogens is 408 g/mol. The third-order valence-electron chi connectivity index (χ3n) is 5.72. The van der Waals surface area contributed by atoms with E-state index in [4.69, 9.17) is 4.74 Å². The Balaban J connectivity index is 1.45. The Labute approximate surface area is 194 Å². The summed E-state index contributed by atoms with van der Waals surface area (Å²) in [4.78, 5) is 24.5. The normalized spacial score (nSPS) is 10.7. The van der Waals surface area contributed by atoms with Crippen molar-refractivity contribution in [2.45, 2.75) is 26.2 Å². The zero-order valence-corrected chi connectivity index (χ0v) is 18.7. The van der Waals surface area contributed by atoms with Gasteiger partial charge < -0.3 is 4.74 Å². The van der Waals surface area contributed by atoms with E-state index in [1.165, 1.54) is 24.5 Å². The smallest absolute Gasteiger partial charge is 0.343 e. The number of hydrogen-bond acceptors (Lipinski definition) is 3. The van der Waals surface area contributed by atoms with Gasteiger partial charge in [-0.05, 0) is 76.7 Å².